The van der Waals surface area contributed by atoms with E-state index in [0.29, 0.717) is 12.8 Å². The van der Waals surface area contributed by atoms with E-state index >= 15 is 0 Å². The third kappa shape index (κ3) is 5.31. The zero-order valence-corrected chi connectivity index (χ0v) is 22.7. The number of aliphatic hydroxyl groups is 1. The zero-order valence-electron chi connectivity index (χ0n) is 20.1. The van der Waals surface area contributed by atoms with E-state index in [2.05, 4.69) is 63.6 Å². The number of ether oxygens (including phenoxy) is 1. The van der Waals surface area contributed by atoms with Gasteiger partial charge in [-0.15, -0.1) is 0 Å². The molecule has 2 atom stereocenters. The summed E-state index contributed by atoms with van der Waals surface area (Å²) >= 11 is 3.60. The molecule has 0 radical (unpaired) electrons. The van der Waals surface area contributed by atoms with Crippen LogP contribution in [-0.2, 0) is 11.2 Å². The Labute approximate surface area is 192 Å². The molecule has 0 aliphatic heterocycles. The molecule has 6 heteroatoms. The van der Waals surface area contributed by atoms with Crippen LogP contribution in [0.2, 0.25) is 18.1 Å². The third-order valence-electron chi connectivity index (χ3n) is 7.13. The molecule has 0 amide bonds. The Bertz CT molecular complexity index is 797. The molecule has 1 aromatic carbocycles. The van der Waals surface area contributed by atoms with Gasteiger partial charge in [0.05, 0.1) is 11.6 Å². The predicted octanol–water partition coefficient (Wildman–Crippen LogP) is 6.39. The summed E-state index contributed by atoms with van der Waals surface area (Å²) < 4.78 is 13.1. The van der Waals surface area contributed by atoms with Crippen LogP contribution in [0.4, 0.5) is 0 Å². The van der Waals surface area contributed by atoms with Crippen molar-refractivity contribution in [2.75, 3.05) is 13.7 Å². The standard InChI is InChI=1S/C24H39BrO4Si/c1-22(2,3)30(8,9)29-20-12-18(25)21(28-7)11-16(20)10-17-19(27)13-24(6,15-26)14-23(17,4)5/h11-12,17,26H,10,13-15H2,1-9H3. The van der Waals surface area contributed by atoms with Crippen LogP contribution in [0.25, 0.3) is 0 Å². The summed E-state index contributed by atoms with van der Waals surface area (Å²) in [5, 5.41) is 9.90. The quantitative estimate of drug-likeness (QED) is 0.461. The van der Waals surface area contributed by atoms with Crippen molar-refractivity contribution in [2.24, 2.45) is 16.7 Å². The molecule has 2 unspecified atom stereocenters. The number of hydrogen-bond acceptors (Lipinski definition) is 4. The van der Waals surface area contributed by atoms with Gasteiger partial charge in [-0.1, -0.05) is 41.5 Å². The van der Waals surface area contributed by atoms with E-state index < -0.39 is 8.32 Å². The highest BCUT2D eigenvalue weighted by atomic mass is 79.9. The van der Waals surface area contributed by atoms with Gasteiger partial charge in [0.15, 0.2) is 0 Å². The minimum Gasteiger partial charge on any atom is -0.543 e. The number of halogens is 1. The van der Waals surface area contributed by atoms with Gasteiger partial charge in [-0.05, 0) is 75.4 Å². The van der Waals surface area contributed by atoms with Gasteiger partial charge < -0.3 is 14.3 Å². The lowest BCUT2D eigenvalue weighted by Gasteiger charge is -2.46. The minimum atomic E-state index is -2.05. The van der Waals surface area contributed by atoms with Gasteiger partial charge in [0.1, 0.15) is 17.3 Å². The molecule has 0 aromatic heterocycles. The molecule has 4 nitrogen and oxygen atoms in total. The summed E-state index contributed by atoms with van der Waals surface area (Å²) in [7, 11) is -0.401. The second-order valence-electron chi connectivity index (χ2n) is 11.5. The molecule has 1 aliphatic carbocycles. The number of carbonyl (C=O) groups is 1. The Hall–Kier alpha value is -0.853. The number of Topliss-reactive ketones (excluding diaryl/α,β-unsaturated/α-hetero) is 1. The van der Waals surface area contributed by atoms with E-state index in [1.165, 1.54) is 0 Å². The smallest absolute Gasteiger partial charge is 0.250 e. The van der Waals surface area contributed by atoms with Crippen LogP contribution in [-0.4, -0.2) is 32.9 Å². The highest BCUT2D eigenvalue weighted by Crippen LogP contribution is 2.50. The minimum absolute atomic E-state index is 0.0424. The van der Waals surface area contributed by atoms with Crippen LogP contribution < -0.4 is 9.16 Å². The number of benzene rings is 1. The summed E-state index contributed by atoms with van der Waals surface area (Å²) in [5.74, 6) is 1.69. The van der Waals surface area contributed by atoms with Crippen molar-refractivity contribution in [1.29, 1.82) is 0 Å². The van der Waals surface area contributed by atoms with Crippen molar-refractivity contribution in [1.82, 2.24) is 0 Å². The molecule has 0 heterocycles. The number of hydrogen-bond donors (Lipinski definition) is 1. The van der Waals surface area contributed by atoms with Gasteiger partial charge in [-0.25, -0.2) is 0 Å². The fourth-order valence-corrected chi connectivity index (χ4v) is 5.93. The van der Waals surface area contributed by atoms with E-state index in [4.69, 9.17) is 9.16 Å². The molecule has 2 rings (SSSR count). The number of rotatable bonds is 6. The van der Waals surface area contributed by atoms with E-state index in [9.17, 15) is 9.90 Å². The van der Waals surface area contributed by atoms with Gasteiger partial charge >= 0.3 is 0 Å². The monoisotopic (exact) mass is 498 g/mol. The normalized spacial score (nSPS) is 24.6. The summed E-state index contributed by atoms with van der Waals surface area (Å²) in [6, 6.07) is 4.00. The maximum Gasteiger partial charge on any atom is 0.250 e. The summed E-state index contributed by atoms with van der Waals surface area (Å²) in [6.07, 6.45) is 1.85. The molecular formula is C24H39BrO4Si. The molecule has 0 spiro atoms. The predicted molar refractivity (Wildman–Crippen MR) is 129 cm³/mol. The number of aliphatic hydroxyl groups excluding tert-OH is 1. The van der Waals surface area contributed by atoms with Crippen LogP contribution in [0.3, 0.4) is 0 Å². The second kappa shape index (κ2) is 8.59. The summed E-state index contributed by atoms with van der Waals surface area (Å²) in [6.45, 7) is 17.5. The summed E-state index contributed by atoms with van der Waals surface area (Å²) in [5.41, 5.74) is 0.468. The van der Waals surface area contributed by atoms with Crippen LogP contribution in [0.15, 0.2) is 16.6 Å². The van der Waals surface area contributed by atoms with Crippen molar-refractivity contribution in [3.05, 3.63) is 22.2 Å². The van der Waals surface area contributed by atoms with Gasteiger partial charge in [-0.2, -0.15) is 0 Å². The van der Waals surface area contributed by atoms with Crippen molar-refractivity contribution >= 4 is 30.0 Å². The van der Waals surface area contributed by atoms with Gasteiger partial charge in [0.25, 0.3) is 0 Å². The SMILES string of the molecule is COc1cc(CC2C(=O)CC(C)(CO)CC2(C)C)c(O[Si](C)(C)C(C)(C)C)cc1Br. The second-order valence-corrected chi connectivity index (χ2v) is 17.1. The van der Waals surface area contributed by atoms with Crippen molar-refractivity contribution in [3.8, 4) is 11.5 Å². The first-order valence-electron chi connectivity index (χ1n) is 10.7. The summed E-state index contributed by atoms with van der Waals surface area (Å²) in [4.78, 5) is 13.2. The maximum absolute atomic E-state index is 13.2. The average Bonchev–Trinajstić information content (AvgIpc) is 2.57. The first-order valence-corrected chi connectivity index (χ1v) is 14.4. The first-order chi connectivity index (χ1) is 13.5. The van der Waals surface area contributed by atoms with Crippen LogP contribution in [0.5, 0.6) is 11.5 Å². The average molecular weight is 500 g/mol. The molecular weight excluding hydrogens is 460 g/mol. The Balaban J connectivity index is 2.46. The van der Waals surface area contributed by atoms with Crippen LogP contribution >= 0.6 is 15.9 Å². The van der Waals surface area contributed by atoms with E-state index in [0.717, 1.165) is 28.0 Å². The number of methoxy groups -OCH3 is 1. The largest absolute Gasteiger partial charge is 0.543 e. The van der Waals surface area contributed by atoms with E-state index in [1.807, 2.05) is 19.1 Å². The fraction of sp³-hybridized carbons (Fsp3) is 0.708. The van der Waals surface area contributed by atoms with E-state index in [-0.39, 0.29) is 34.2 Å². The molecule has 1 N–H and O–H groups in total. The number of ketones is 1. The van der Waals surface area contributed by atoms with Gasteiger partial charge in [0, 0.05) is 18.9 Å². The van der Waals surface area contributed by atoms with Crippen molar-refractivity contribution < 1.29 is 19.1 Å². The van der Waals surface area contributed by atoms with Gasteiger partial charge in [-0.3, -0.25) is 4.79 Å². The molecule has 1 fully saturated rings. The Morgan fingerprint density at radius 1 is 1.20 bits per heavy atom. The van der Waals surface area contributed by atoms with E-state index in [1.54, 1.807) is 7.11 Å². The highest BCUT2D eigenvalue weighted by Gasteiger charge is 2.47. The topological polar surface area (TPSA) is 55.8 Å². The lowest BCUT2D eigenvalue weighted by Crippen LogP contribution is -2.46. The molecule has 0 saturated heterocycles. The van der Waals surface area contributed by atoms with Crippen LogP contribution in [0, 0.1) is 16.7 Å². The highest BCUT2D eigenvalue weighted by molar-refractivity contribution is 9.10. The van der Waals surface area contributed by atoms with Crippen molar-refractivity contribution in [3.63, 3.8) is 0 Å². The molecule has 1 aromatic rings. The fourth-order valence-electron chi connectivity index (χ4n) is 4.40. The van der Waals surface area contributed by atoms with Crippen LogP contribution in [0.1, 0.15) is 59.9 Å². The van der Waals surface area contributed by atoms with Gasteiger partial charge in [0.2, 0.25) is 8.32 Å². The zero-order chi connectivity index (χ0) is 23.1. The lowest BCUT2D eigenvalue weighted by molar-refractivity contribution is -0.137. The molecule has 0 bridgehead atoms. The Morgan fingerprint density at radius 2 is 1.80 bits per heavy atom. The third-order valence-corrected chi connectivity index (χ3v) is 12.1. The molecule has 30 heavy (non-hydrogen) atoms. The molecule has 1 aliphatic rings. The van der Waals surface area contributed by atoms with Crippen molar-refractivity contribution in [2.45, 2.75) is 78.9 Å². The lowest BCUT2D eigenvalue weighted by atomic mass is 9.58. The first kappa shape index (κ1) is 25.4. The Kier molecular flexibility index (Phi) is 7.27. The Morgan fingerprint density at radius 3 is 2.27 bits per heavy atom. The number of carbonyl (C=O) groups excluding carboxylic acids is 1. The molecule has 170 valence electrons. The molecule has 1 saturated carbocycles. The maximum atomic E-state index is 13.2.